The fourth-order valence-corrected chi connectivity index (χ4v) is 5.66. The molecule has 4 rings (SSSR count). The number of hydrogen-bond acceptors (Lipinski definition) is 4. The lowest BCUT2D eigenvalue weighted by Crippen LogP contribution is -2.55. The first-order valence-electron chi connectivity index (χ1n) is 14.8. The van der Waals surface area contributed by atoms with Crippen LogP contribution in [0.5, 0.6) is 0 Å². The minimum absolute atomic E-state index is 0.0605. The molecular formula is C34H43N3O4. The van der Waals surface area contributed by atoms with Crippen molar-refractivity contribution in [2.24, 2.45) is 5.92 Å². The highest BCUT2D eigenvalue weighted by molar-refractivity contribution is 5.93. The highest BCUT2D eigenvalue weighted by Gasteiger charge is 2.48. The van der Waals surface area contributed by atoms with Gasteiger partial charge in [0.05, 0.1) is 0 Å². The summed E-state index contributed by atoms with van der Waals surface area (Å²) in [6.07, 6.45) is 11.4. The van der Waals surface area contributed by atoms with Crippen LogP contribution in [0.1, 0.15) is 89.0 Å². The van der Waals surface area contributed by atoms with E-state index >= 15 is 0 Å². The van der Waals surface area contributed by atoms with E-state index < -0.39 is 23.8 Å². The molecule has 2 aliphatic rings. The fourth-order valence-electron chi connectivity index (χ4n) is 5.66. The maximum absolute atomic E-state index is 14.6. The minimum Gasteiger partial charge on any atom is -0.444 e. The second-order valence-electron chi connectivity index (χ2n) is 12.4. The average Bonchev–Trinajstić information content (AvgIpc) is 3.66. The topological polar surface area (TPSA) is 87.7 Å². The molecule has 0 saturated heterocycles. The predicted octanol–water partition coefficient (Wildman–Crippen LogP) is 5.53. The van der Waals surface area contributed by atoms with E-state index in [0.29, 0.717) is 11.1 Å². The molecule has 0 bridgehead atoms. The highest BCUT2D eigenvalue weighted by Crippen LogP contribution is 2.41. The number of ether oxygens (including phenoxy) is 1. The summed E-state index contributed by atoms with van der Waals surface area (Å²) >= 11 is 0. The number of alkyl carbamates (subject to hydrolysis) is 1. The maximum Gasteiger partial charge on any atom is 0.408 e. The highest BCUT2D eigenvalue weighted by atomic mass is 16.6. The Morgan fingerprint density at radius 2 is 1.66 bits per heavy atom. The van der Waals surface area contributed by atoms with Crippen LogP contribution in [0.15, 0.2) is 54.6 Å². The summed E-state index contributed by atoms with van der Waals surface area (Å²) in [4.78, 5) is 43.4. The molecule has 4 unspecified atom stereocenters. The third-order valence-electron chi connectivity index (χ3n) is 7.84. The van der Waals surface area contributed by atoms with Crippen molar-refractivity contribution in [1.82, 2.24) is 15.5 Å². The standard InChI is InChI=1S/C34H43N3O4/c1-6-25-17-13-14-20-27(25)30(31(38)35-26-18-11-8-12-19-26)37(29-21-23(29)2)32(39)28(22-24-15-9-7-10-16-24)36-33(40)41-34(3,4)5/h1,7,9-10,13-17,20,23,26,28-30H,8,11-12,18-19,21-22H2,2-5H3,(H,35,38)(H,36,40). The van der Waals surface area contributed by atoms with Gasteiger partial charge in [0.2, 0.25) is 11.8 Å². The summed E-state index contributed by atoms with van der Waals surface area (Å²) in [6, 6.07) is 14.9. The lowest BCUT2D eigenvalue weighted by molar-refractivity contribution is -0.143. The van der Waals surface area contributed by atoms with E-state index in [9.17, 15) is 14.4 Å². The van der Waals surface area contributed by atoms with Crippen LogP contribution in [0.4, 0.5) is 4.79 Å². The number of terminal acetylenes is 1. The van der Waals surface area contributed by atoms with Crippen molar-refractivity contribution in [1.29, 1.82) is 0 Å². The number of carbonyl (C=O) groups excluding carboxylic acids is 3. The van der Waals surface area contributed by atoms with E-state index in [2.05, 4.69) is 23.5 Å². The smallest absolute Gasteiger partial charge is 0.408 e. The summed E-state index contributed by atoms with van der Waals surface area (Å²) in [5, 5.41) is 6.08. The summed E-state index contributed by atoms with van der Waals surface area (Å²) in [7, 11) is 0. The van der Waals surface area contributed by atoms with Gasteiger partial charge in [0.25, 0.3) is 0 Å². The number of nitrogens with one attached hydrogen (secondary N) is 2. The van der Waals surface area contributed by atoms with Gasteiger partial charge in [-0.3, -0.25) is 9.59 Å². The van der Waals surface area contributed by atoms with Gasteiger partial charge in [-0.2, -0.15) is 0 Å². The maximum atomic E-state index is 14.6. The van der Waals surface area contributed by atoms with E-state index in [-0.39, 0.29) is 36.2 Å². The van der Waals surface area contributed by atoms with E-state index in [1.807, 2.05) is 48.5 Å². The van der Waals surface area contributed by atoms with E-state index in [1.165, 1.54) is 0 Å². The summed E-state index contributed by atoms with van der Waals surface area (Å²) in [5.41, 5.74) is 1.34. The Labute approximate surface area is 244 Å². The molecule has 41 heavy (non-hydrogen) atoms. The zero-order valence-corrected chi connectivity index (χ0v) is 24.7. The van der Waals surface area contributed by atoms with E-state index in [0.717, 1.165) is 44.1 Å². The lowest BCUT2D eigenvalue weighted by Gasteiger charge is -2.36. The van der Waals surface area contributed by atoms with Crippen LogP contribution in [0.3, 0.4) is 0 Å². The third-order valence-corrected chi connectivity index (χ3v) is 7.84. The Morgan fingerprint density at radius 3 is 2.27 bits per heavy atom. The number of amides is 3. The van der Waals surface area contributed by atoms with Gasteiger partial charge >= 0.3 is 6.09 Å². The largest absolute Gasteiger partial charge is 0.444 e. The van der Waals surface area contributed by atoms with Crippen LogP contribution in [0, 0.1) is 18.3 Å². The summed E-state index contributed by atoms with van der Waals surface area (Å²) in [6.45, 7) is 7.41. The van der Waals surface area contributed by atoms with Gasteiger partial charge in [-0.25, -0.2) is 4.79 Å². The molecule has 2 N–H and O–H groups in total. The molecule has 0 radical (unpaired) electrons. The Bertz CT molecular complexity index is 1260. The molecule has 7 nitrogen and oxygen atoms in total. The molecular weight excluding hydrogens is 514 g/mol. The normalized spacial score (nSPS) is 20.2. The molecule has 2 aromatic rings. The second-order valence-corrected chi connectivity index (χ2v) is 12.4. The van der Waals surface area contributed by atoms with Crippen LogP contribution in [-0.2, 0) is 20.7 Å². The van der Waals surface area contributed by atoms with Crippen LogP contribution in [0.2, 0.25) is 0 Å². The molecule has 7 heteroatoms. The Morgan fingerprint density at radius 1 is 1.02 bits per heavy atom. The van der Waals surface area contributed by atoms with Crippen molar-refractivity contribution in [2.45, 2.75) is 102 Å². The quantitative estimate of drug-likeness (QED) is 0.397. The van der Waals surface area contributed by atoms with Crippen LogP contribution >= 0.6 is 0 Å². The van der Waals surface area contributed by atoms with Crippen LogP contribution in [-0.4, -0.2) is 46.5 Å². The van der Waals surface area contributed by atoms with Crippen molar-refractivity contribution >= 4 is 17.9 Å². The third kappa shape index (κ3) is 8.13. The number of nitrogens with zero attached hydrogens (tertiary/aromatic N) is 1. The Balaban J connectivity index is 1.74. The van der Waals surface area contributed by atoms with E-state index in [4.69, 9.17) is 11.2 Å². The summed E-state index contributed by atoms with van der Waals surface area (Å²) in [5.74, 6) is 2.36. The van der Waals surface area contributed by atoms with Crippen LogP contribution < -0.4 is 10.6 Å². The van der Waals surface area contributed by atoms with Crippen molar-refractivity contribution in [3.05, 3.63) is 71.3 Å². The zero-order chi connectivity index (χ0) is 29.6. The monoisotopic (exact) mass is 557 g/mol. The molecule has 2 fully saturated rings. The zero-order valence-electron chi connectivity index (χ0n) is 24.7. The van der Waals surface area contributed by atoms with Crippen molar-refractivity contribution in [3.63, 3.8) is 0 Å². The number of benzene rings is 2. The van der Waals surface area contributed by atoms with E-state index in [1.54, 1.807) is 31.7 Å². The first-order valence-corrected chi connectivity index (χ1v) is 14.8. The van der Waals surface area contributed by atoms with Gasteiger partial charge < -0.3 is 20.3 Å². The van der Waals surface area contributed by atoms with Crippen molar-refractivity contribution in [2.75, 3.05) is 0 Å². The number of hydrogen-bond donors (Lipinski definition) is 2. The van der Waals surface area contributed by atoms with Gasteiger partial charge in [0.1, 0.15) is 17.7 Å². The molecule has 0 aromatic heterocycles. The molecule has 0 spiro atoms. The molecule has 3 amide bonds. The first kappa shape index (κ1) is 30.2. The van der Waals surface area contributed by atoms with Gasteiger partial charge in [0, 0.05) is 24.1 Å². The molecule has 0 heterocycles. The molecule has 4 atom stereocenters. The molecule has 0 aliphatic heterocycles. The second kappa shape index (κ2) is 13.2. The van der Waals surface area contributed by atoms with Gasteiger partial charge in [-0.1, -0.05) is 80.6 Å². The van der Waals surface area contributed by atoms with Gasteiger partial charge in [0.15, 0.2) is 0 Å². The Kier molecular flexibility index (Phi) is 9.75. The molecule has 2 aliphatic carbocycles. The van der Waals surface area contributed by atoms with Crippen molar-refractivity contribution < 1.29 is 19.1 Å². The number of carbonyl (C=O) groups is 3. The minimum atomic E-state index is -0.942. The molecule has 2 aromatic carbocycles. The lowest BCUT2D eigenvalue weighted by atomic mass is 9.93. The SMILES string of the molecule is C#Cc1ccccc1C(C(=O)NC1CCCCC1)N(C(=O)C(Cc1ccccc1)NC(=O)OC(C)(C)C)C1CC1C. The van der Waals surface area contributed by atoms with Crippen LogP contribution in [0.25, 0.3) is 0 Å². The number of rotatable bonds is 9. The van der Waals surface area contributed by atoms with Crippen molar-refractivity contribution in [3.8, 4) is 12.3 Å². The van der Waals surface area contributed by atoms with Gasteiger partial charge in [-0.05, 0) is 63.1 Å². The first-order chi connectivity index (χ1) is 19.6. The Hall–Kier alpha value is -3.79. The predicted molar refractivity (Wildman–Crippen MR) is 160 cm³/mol. The molecule has 2 saturated carbocycles. The molecule has 218 valence electrons. The van der Waals surface area contributed by atoms with Gasteiger partial charge in [-0.15, -0.1) is 6.42 Å². The fraction of sp³-hybridized carbons (Fsp3) is 0.500. The average molecular weight is 558 g/mol. The summed E-state index contributed by atoms with van der Waals surface area (Å²) < 4.78 is 5.54.